The van der Waals surface area contributed by atoms with Gasteiger partial charge in [-0.1, -0.05) is 12.1 Å². The van der Waals surface area contributed by atoms with Gasteiger partial charge < -0.3 is 5.73 Å². The van der Waals surface area contributed by atoms with Crippen LogP contribution in [-0.4, -0.2) is 15.7 Å². The molecule has 2 N–H and O–H groups in total. The average molecular weight is 243 g/mol. The molecular formula is C12H9N3O3. The standard InChI is InChI=1S/C12H9N3O3/c13-10-7-14-6-5-8(10)12(16)9-3-1-2-4-11(9)15(17)18/h1-7H,13H2. The molecule has 0 amide bonds. The number of para-hydroxylation sites is 1. The predicted octanol–water partition coefficient (Wildman–Crippen LogP) is 1.80. The van der Waals surface area contributed by atoms with E-state index in [-0.39, 0.29) is 22.5 Å². The Morgan fingerprint density at radius 3 is 2.61 bits per heavy atom. The lowest BCUT2D eigenvalue weighted by atomic mass is 10.0. The van der Waals surface area contributed by atoms with Crippen molar-refractivity contribution in [1.29, 1.82) is 0 Å². The van der Waals surface area contributed by atoms with Crippen molar-refractivity contribution in [3.63, 3.8) is 0 Å². The SMILES string of the molecule is Nc1cnccc1C(=O)c1ccccc1[N+](=O)[O-]. The molecule has 0 saturated heterocycles. The lowest BCUT2D eigenvalue weighted by molar-refractivity contribution is -0.385. The van der Waals surface area contributed by atoms with Crippen molar-refractivity contribution in [2.75, 3.05) is 5.73 Å². The summed E-state index contributed by atoms with van der Waals surface area (Å²) >= 11 is 0. The molecule has 1 aromatic carbocycles. The molecule has 0 atom stereocenters. The maximum absolute atomic E-state index is 12.2. The van der Waals surface area contributed by atoms with Gasteiger partial charge in [-0.15, -0.1) is 0 Å². The van der Waals surface area contributed by atoms with E-state index >= 15 is 0 Å². The molecule has 0 aliphatic heterocycles. The number of nitrogens with zero attached hydrogens (tertiary/aromatic N) is 2. The molecule has 6 nitrogen and oxygen atoms in total. The van der Waals surface area contributed by atoms with Gasteiger partial charge in [0.25, 0.3) is 5.69 Å². The smallest absolute Gasteiger partial charge is 0.280 e. The number of anilines is 1. The van der Waals surface area contributed by atoms with Crippen LogP contribution in [0.15, 0.2) is 42.7 Å². The van der Waals surface area contributed by atoms with Crippen LogP contribution in [0.3, 0.4) is 0 Å². The fourth-order valence-electron chi connectivity index (χ4n) is 1.58. The molecule has 0 bridgehead atoms. The van der Waals surface area contributed by atoms with Crippen LogP contribution in [0.2, 0.25) is 0 Å². The molecule has 1 aromatic heterocycles. The number of nitrogen functional groups attached to an aromatic ring is 1. The fraction of sp³-hybridized carbons (Fsp3) is 0. The monoisotopic (exact) mass is 243 g/mol. The molecule has 18 heavy (non-hydrogen) atoms. The van der Waals surface area contributed by atoms with Gasteiger partial charge in [-0.3, -0.25) is 19.9 Å². The van der Waals surface area contributed by atoms with Gasteiger partial charge in [0.2, 0.25) is 5.78 Å². The fourth-order valence-corrected chi connectivity index (χ4v) is 1.58. The number of carbonyl (C=O) groups excluding carboxylic acids is 1. The summed E-state index contributed by atoms with van der Waals surface area (Å²) in [4.78, 5) is 26.2. The number of ketones is 1. The van der Waals surface area contributed by atoms with Crippen LogP contribution >= 0.6 is 0 Å². The first-order chi connectivity index (χ1) is 8.61. The van der Waals surface area contributed by atoms with E-state index < -0.39 is 10.7 Å². The predicted molar refractivity (Wildman–Crippen MR) is 65.2 cm³/mol. The van der Waals surface area contributed by atoms with Crippen LogP contribution < -0.4 is 5.73 Å². The number of nitro groups is 1. The molecule has 6 heteroatoms. The summed E-state index contributed by atoms with van der Waals surface area (Å²) in [5, 5.41) is 10.9. The molecule has 0 fully saturated rings. The van der Waals surface area contributed by atoms with Gasteiger partial charge in [0.15, 0.2) is 0 Å². The number of hydrogen-bond acceptors (Lipinski definition) is 5. The first-order valence-electron chi connectivity index (χ1n) is 5.09. The van der Waals surface area contributed by atoms with Crippen LogP contribution in [0.5, 0.6) is 0 Å². The molecule has 0 aliphatic carbocycles. The number of benzene rings is 1. The first-order valence-corrected chi connectivity index (χ1v) is 5.09. The summed E-state index contributed by atoms with van der Waals surface area (Å²) in [6.45, 7) is 0. The molecule has 1 heterocycles. The van der Waals surface area contributed by atoms with Crippen LogP contribution in [0.1, 0.15) is 15.9 Å². The first kappa shape index (κ1) is 11.7. The molecular weight excluding hydrogens is 234 g/mol. The molecule has 0 aliphatic rings. The van der Waals surface area contributed by atoms with Gasteiger partial charge >= 0.3 is 0 Å². The Balaban J connectivity index is 2.54. The van der Waals surface area contributed by atoms with Crippen LogP contribution in [0.4, 0.5) is 11.4 Å². The van der Waals surface area contributed by atoms with E-state index in [0.29, 0.717) is 0 Å². The minimum atomic E-state index is -0.593. The van der Waals surface area contributed by atoms with E-state index in [2.05, 4.69) is 4.98 Å². The number of aromatic nitrogens is 1. The number of nitrogens with two attached hydrogens (primary N) is 1. The van der Waals surface area contributed by atoms with E-state index in [9.17, 15) is 14.9 Å². The van der Waals surface area contributed by atoms with Gasteiger partial charge in [-0.05, 0) is 12.1 Å². The molecule has 2 aromatic rings. The summed E-state index contributed by atoms with van der Waals surface area (Å²) < 4.78 is 0. The van der Waals surface area contributed by atoms with E-state index in [1.807, 2.05) is 0 Å². The summed E-state index contributed by atoms with van der Waals surface area (Å²) in [5.41, 5.74) is 5.81. The highest BCUT2D eigenvalue weighted by atomic mass is 16.6. The van der Waals surface area contributed by atoms with Crippen molar-refractivity contribution in [3.05, 3.63) is 64.0 Å². The van der Waals surface area contributed by atoms with Gasteiger partial charge in [-0.2, -0.15) is 0 Å². The highest BCUT2D eigenvalue weighted by molar-refractivity contribution is 6.14. The molecule has 90 valence electrons. The quantitative estimate of drug-likeness (QED) is 0.503. The van der Waals surface area contributed by atoms with Crippen molar-refractivity contribution in [3.8, 4) is 0 Å². The van der Waals surface area contributed by atoms with Gasteiger partial charge in [0, 0.05) is 17.8 Å². The molecule has 2 rings (SSSR count). The van der Waals surface area contributed by atoms with E-state index in [4.69, 9.17) is 5.73 Å². The third kappa shape index (κ3) is 2.03. The van der Waals surface area contributed by atoms with Crippen molar-refractivity contribution < 1.29 is 9.72 Å². The Labute approximate surface area is 102 Å². The topological polar surface area (TPSA) is 99.1 Å². The second-order valence-corrected chi connectivity index (χ2v) is 3.57. The van der Waals surface area contributed by atoms with E-state index in [1.54, 1.807) is 6.07 Å². The lowest BCUT2D eigenvalue weighted by Crippen LogP contribution is -2.08. The maximum atomic E-state index is 12.2. The molecule has 0 radical (unpaired) electrons. The van der Waals surface area contributed by atoms with Gasteiger partial charge in [-0.25, -0.2) is 0 Å². The number of hydrogen-bond donors (Lipinski definition) is 1. The van der Waals surface area contributed by atoms with Crippen molar-refractivity contribution in [1.82, 2.24) is 4.98 Å². The van der Waals surface area contributed by atoms with Crippen LogP contribution in [0, 0.1) is 10.1 Å². The van der Waals surface area contributed by atoms with Crippen molar-refractivity contribution >= 4 is 17.2 Å². The summed E-state index contributed by atoms with van der Waals surface area (Å²) in [7, 11) is 0. The van der Waals surface area contributed by atoms with E-state index in [0.717, 1.165) is 0 Å². The normalized spacial score (nSPS) is 10.0. The molecule has 0 spiro atoms. The van der Waals surface area contributed by atoms with Crippen LogP contribution in [-0.2, 0) is 0 Å². The summed E-state index contributed by atoms with van der Waals surface area (Å²) in [5.74, 6) is -0.484. The molecule has 0 unspecified atom stereocenters. The minimum absolute atomic E-state index is 0.0143. The highest BCUT2D eigenvalue weighted by Gasteiger charge is 2.21. The third-order valence-electron chi connectivity index (χ3n) is 2.44. The second-order valence-electron chi connectivity index (χ2n) is 3.57. The summed E-state index contributed by atoms with van der Waals surface area (Å²) in [6, 6.07) is 7.20. The highest BCUT2D eigenvalue weighted by Crippen LogP contribution is 2.23. The average Bonchev–Trinajstić information content (AvgIpc) is 2.38. The second kappa shape index (κ2) is 4.62. The van der Waals surface area contributed by atoms with E-state index in [1.165, 1.54) is 36.7 Å². The number of nitro benzene ring substituents is 1. The Bertz CT molecular complexity index is 625. The lowest BCUT2D eigenvalue weighted by Gasteiger charge is -2.04. The zero-order valence-electron chi connectivity index (χ0n) is 9.24. The Morgan fingerprint density at radius 2 is 1.94 bits per heavy atom. The zero-order chi connectivity index (χ0) is 13.1. The minimum Gasteiger partial charge on any atom is -0.397 e. The number of rotatable bonds is 3. The maximum Gasteiger partial charge on any atom is 0.280 e. The number of pyridine rings is 1. The van der Waals surface area contributed by atoms with Gasteiger partial charge in [0.1, 0.15) is 5.56 Å². The van der Waals surface area contributed by atoms with Crippen molar-refractivity contribution in [2.24, 2.45) is 0 Å². The Morgan fingerprint density at radius 1 is 1.22 bits per heavy atom. The third-order valence-corrected chi connectivity index (χ3v) is 2.44. The zero-order valence-corrected chi connectivity index (χ0v) is 9.24. The summed E-state index contributed by atoms with van der Waals surface area (Å²) in [6.07, 6.45) is 2.75. The Kier molecular flexibility index (Phi) is 3.01. The van der Waals surface area contributed by atoms with Crippen molar-refractivity contribution in [2.45, 2.75) is 0 Å². The van der Waals surface area contributed by atoms with Gasteiger partial charge in [0.05, 0.1) is 16.8 Å². The molecule has 0 saturated carbocycles. The van der Waals surface area contributed by atoms with Crippen LogP contribution in [0.25, 0.3) is 0 Å². The number of carbonyl (C=O) groups is 1. The Hall–Kier alpha value is -2.76. The largest absolute Gasteiger partial charge is 0.397 e.